The lowest BCUT2D eigenvalue weighted by molar-refractivity contribution is 0.111. The van der Waals surface area contributed by atoms with Gasteiger partial charge in [0.15, 0.2) is 28.6 Å². The first-order chi connectivity index (χ1) is 17.6. The van der Waals surface area contributed by atoms with Crippen molar-refractivity contribution < 1.29 is 28.0 Å². The Morgan fingerprint density at radius 2 is 1.46 bits per heavy atom. The van der Waals surface area contributed by atoms with E-state index in [-0.39, 0.29) is 16.5 Å². The summed E-state index contributed by atoms with van der Waals surface area (Å²) in [6, 6.07) is 6.98. The van der Waals surface area contributed by atoms with Gasteiger partial charge in [0.05, 0.1) is 21.1 Å². The number of carbonyl (C=O) groups excluding carboxylic acids is 4. The number of halogens is 6. The molecule has 3 heterocycles. The molecule has 4 aromatic rings. The zero-order valence-corrected chi connectivity index (χ0v) is 24.5. The number of benzene rings is 1. The van der Waals surface area contributed by atoms with Crippen LogP contribution in [0, 0.1) is 11.6 Å². The van der Waals surface area contributed by atoms with Crippen molar-refractivity contribution in [1.82, 2.24) is 15.0 Å². The summed E-state index contributed by atoms with van der Waals surface area (Å²) >= 11 is 15.9. The molecule has 14 heteroatoms. The number of carbonyl (C=O) groups is 4. The normalized spacial score (nSPS) is 9.24. The second-order valence-electron chi connectivity index (χ2n) is 6.13. The number of aldehydes is 4. The van der Waals surface area contributed by atoms with Gasteiger partial charge >= 0.3 is 0 Å². The average molecular weight is 741 g/mol. The summed E-state index contributed by atoms with van der Waals surface area (Å²) in [5.74, 6) is -1.01. The molecule has 0 aliphatic carbocycles. The molecule has 0 radical (unpaired) electrons. The van der Waals surface area contributed by atoms with E-state index in [9.17, 15) is 28.0 Å². The summed E-state index contributed by atoms with van der Waals surface area (Å²) in [5.41, 5.74) is 0.984. The Morgan fingerprint density at radius 3 is 1.89 bits per heavy atom. The van der Waals surface area contributed by atoms with Crippen LogP contribution >= 0.6 is 70.7 Å². The first-order valence-electron chi connectivity index (χ1n) is 9.42. The summed E-state index contributed by atoms with van der Waals surface area (Å²) in [5, 5.41) is 0.114. The highest BCUT2D eigenvalue weighted by atomic mass is 79.9. The molecule has 4 rings (SSSR count). The van der Waals surface area contributed by atoms with Crippen molar-refractivity contribution in [3.63, 3.8) is 0 Å². The Hall–Kier alpha value is -2.58. The third-order valence-electron chi connectivity index (χ3n) is 3.53. The van der Waals surface area contributed by atoms with E-state index in [1.807, 2.05) is 0 Å². The lowest BCUT2D eigenvalue weighted by atomic mass is 10.2. The van der Waals surface area contributed by atoms with Crippen LogP contribution in [0.25, 0.3) is 0 Å². The molecule has 0 aliphatic rings. The van der Waals surface area contributed by atoms with Crippen LogP contribution in [0.4, 0.5) is 8.78 Å². The first kappa shape index (κ1) is 32.4. The van der Waals surface area contributed by atoms with Crippen LogP contribution in [0.3, 0.4) is 0 Å². The molecule has 3 aromatic heterocycles. The summed E-state index contributed by atoms with van der Waals surface area (Å²) in [7, 11) is 0. The molecule has 0 bridgehead atoms. The minimum absolute atomic E-state index is 0.0694. The van der Waals surface area contributed by atoms with Crippen LogP contribution in [-0.2, 0) is 0 Å². The third-order valence-corrected chi connectivity index (χ3v) is 6.18. The maximum absolute atomic E-state index is 12.5. The molecule has 0 saturated carbocycles. The molecule has 37 heavy (non-hydrogen) atoms. The Bertz CT molecular complexity index is 1360. The zero-order valence-electron chi connectivity index (χ0n) is 18.2. The predicted molar refractivity (Wildman–Crippen MR) is 147 cm³/mol. The minimum Gasteiger partial charge on any atom is -0.298 e. The first-order valence-corrected chi connectivity index (χ1v) is 13.0. The van der Waals surface area contributed by atoms with Crippen molar-refractivity contribution in [1.29, 1.82) is 0 Å². The van der Waals surface area contributed by atoms with E-state index < -0.39 is 5.82 Å². The number of hydrogen-bond acceptors (Lipinski definition) is 8. The van der Waals surface area contributed by atoms with E-state index in [0.717, 1.165) is 27.2 Å². The van der Waals surface area contributed by atoms with E-state index >= 15 is 0 Å². The van der Waals surface area contributed by atoms with E-state index in [0.29, 0.717) is 33.0 Å². The van der Waals surface area contributed by atoms with Gasteiger partial charge in [-0.1, -0.05) is 11.6 Å². The summed E-state index contributed by atoms with van der Waals surface area (Å²) < 4.78 is 26.8. The molecular weight excluding hydrogens is 727 g/mol. The van der Waals surface area contributed by atoms with Gasteiger partial charge in [0.1, 0.15) is 17.3 Å². The van der Waals surface area contributed by atoms with Gasteiger partial charge < -0.3 is 0 Å². The summed E-state index contributed by atoms with van der Waals surface area (Å²) in [6.07, 6.45) is 8.19. The number of thiazole rings is 1. The molecule has 7 nitrogen and oxygen atoms in total. The fourth-order valence-electron chi connectivity index (χ4n) is 1.91. The van der Waals surface area contributed by atoms with Crippen molar-refractivity contribution in [3.8, 4) is 0 Å². The topological polar surface area (TPSA) is 107 Å². The van der Waals surface area contributed by atoms with Crippen LogP contribution in [0.15, 0.2) is 68.0 Å². The van der Waals surface area contributed by atoms with Gasteiger partial charge in [-0.05, 0) is 78.1 Å². The quantitative estimate of drug-likeness (QED) is 0.158. The number of aromatic nitrogens is 3. The minimum atomic E-state index is -0.653. The molecule has 0 atom stereocenters. The molecule has 0 aliphatic heterocycles. The molecule has 0 unspecified atom stereocenters. The monoisotopic (exact) mass is 737 g/mol. The molecule has 0 N–H and O–H groups in total. The van der Waals surface area contributed by atoms with Gasteiger partial charge in [0, 0.05) is 34.2 Å². The Balaban J connectivity index is 0.000000248. The Morgan fingerprint density at radius 1 is 0.757 bits per heavy atom. The van der Waals surface area contributed by atoms with Crippen LogP contribution < -0.4 is 0 Å². The van der Waals surface area contributed by atoms with Crippen molar-refractivity contribution in [3.05, 3.63) is 106 Å². The fourth-order valence-corrected chi connectivity index (χ4v) is 3.98. The van der Waals surface area contributed by atoms with Gasteiger partial charge in [-0.15, -0.1) is 11.3 Å². The summed E-state index contributed by atoms with van der Waals surface area (Å²) in [6.45, 7) is 0. The molecule has 0 amide bonds. The van der Waals surface area contributed by atoms with Gasteiger partial charge in [-0.2, -0.15) is 0 Å². The van der Waals surface area contributed by atoms with Crippen LogP contribution in [0.1, 0.15) is 40.7 Å². The molecule has 192 valence electrons. The highest BCUT2D eigenvalue weighted by molar-refractivity contribution is 9.11. The van der Waals surface area contributed by atoms with Crippen LogP contribution in [0.2, 0.25) is 5.15 Å². The van der Waals surface area contributed by atoms with Crippen molar-refractivity contribution >= 4 is 95.9 Å². The zero-order chi connectivity index (χ0) is 27.8. The van der Waals surface area contributed by atoms with Gasteiger partial charge in [0.25, 0.3) is 0 Å². The second kappa shape index (κ2) is 17.8. The van der Waals surface area contributed by atoms with Crippen molar-refractivity contribution in [2.45, 2.75) is 0 Å². The molecule has 0 fully saturated rings. The number of nitrogens with zero attached hydrogens (tertiary/aromatic N) is 3. The SMILES string of the molecule is O=Cc1cc(Cl)ncc1F.O=Cc1ccc(F)c(Br)c1.O=Cc1cnc(Br)s1.O=Cc1cncc(Br)c1. The third kappa shape index (κ3) is 13.0. The number of hydrogen-bond donors (Lipinski definition) is 0. The van der Waals surface area contributed by atoms with Crippen molar-refractivity contribution in [2.75, 3.05) is 0 Å². The Labute approximate surface area is 243 Å². The number of pyridine rings is 2. The highest BCUT2D eigenvalue weighted by Crippen LogP contribution is 2.16. The van der Waals surface area contributed by atoms with Crippen molar-refractivity contribution in [2.24, 2.45) is 0 Å². The van der Waals surface area contributed by atoms with Gasteiger partial charge in [-0.3, -0.25) is 24.2 Å². The molecule has 0 saturated heterocycles. The standard InChI is InChI=1S/C7H4BrFO.C6H4BrNO.C6H3ClFNO.C4H2BrNOS/c8-6-3-5(4-10)1-2-7(6)9;7-6-1-5(4-9)2-8-3-6;7-6-1-4(3-10)5(8)2-9-6;5-4-6-1-3(2-7)8-4/h1-4H;1-4H;1-3H;1-2H. The van der Waals surface area contributed by atoms with Gasteiger partial charge in [0.2, 0.25) is 0 Å². The average Bonchev–Trinajstić information content (AvgIpc) is 3.33. The number of rotatable bonds is 4. The van der Waals surface area contributed by atoms with Crippen LogP contribution in [-0.4, -0.2) is 40.1 Å². The highest BCUT2D eigenvalue weighted by Gasteiger charge is 2.00. The van der Waals surface area contributed by atoms with E-state index in [1.165, 1.54) is 48.0 Å². The molecular formula is C23H13Br3ClF2N3O4S. The van der Waals surface area contributed by atoms with E-state index in [2.05, 4.69) is 62.7 Å². The van der Waals surface area contributed by atoms with E-state index in [4.69, 9.17) is 11.6 Å². The maximum Gasteiger partial charge on any atom is 0.161 e. The lowest BCUT2D eigenvalue weighted by Gasteiger charge is -1.92. The smallest absolute Gasteiger partial charge is 0.161 e. The summed E-state index contributed by atoms with van der Waals surface area (Å²) in [4.78, 5) is 51.9. The molecule has 1 aromatic carbocycles. The van der Waals surface area contributed by atoms with Crippen LogP contribution in [0.5, 0.6) is 0 Å². The lowest BCUT2D eigenvalue weighted by Crippen LogP contribution is -1.88. The van der Waals surface area contributed by atoms with Gasteiger partial charge in [-0.25, -0.2) is 18.7 Å². The van der Waals surface area contributed by atoms with E-state index in [1.54, 1.807) is 12.3 Å². The Kier molecular flexibility index (Phi) is 15.6. The maximum atomic E-state index is 12.5. The molecule has 0 spiro atoms. The second-order valence-corrected chi connectivity index (χ2v) is 10.6. The fraction of sp³-hybridized carbons (Fsp3) is 0. The predicted octanol–water partition coefficient (Wildman–Crippen LogP) is 7.46. The largest absolute Gasteiger partial charge is 0.298 e.